The standard InChI is InChI=1S/C13H18N6O.C6H6O.2C2H6/c1-14-11-15-12(18(2)3)17-13(16-11)19(4)9-7-5-6-8-10(9)20;7-6-4-2-1-3-5-6;2*1-2/h5-8,20H,1-4H3,(H,14,15,16,17);1-5,7H;2*1-2H3. The molecular formula is C23H36N6O2. The Hall–Kier alpha value is -3.55. The van der Waals surface area contributed by atoms with Gasteiger partial charge in [0.2, 0.25) is 17.8 Å². The first kappa shape index (κ1) is 27.5. The second-order valence-corrected chi connectivity index (χ2v) is 5.79. The molecule has 2 aromatic carbocycles. The number of aromatic nitrogens is 3. The molecule has 1 heterocycles. The lowest BCUT2D eigenvalue weighted by Gasteiger charge is -2.20. The molecule has 0 aliphatic carbocycles. The van der Waals surface area contributed by atoms with Crippen LogP contribution in [0.25, 0.3) is 0 Å². The summed E-state index contributed by atoms with van der Waals surface area (Å²) in [6, 6.07) is 15.7. The maximum absolute atomic E-state index is 9.91. The SMILES string of the molecule is CC.CC.CNc1nc(N(C)C)nc(N(C)c2ccccc2O)n1.Oc1ccccc1. The molecule has 8 heteroatoms. The van der Waals surface area contributed by atoms with Gasteiger partial charge in [0.25, 0.3) is 0 Å². The zero-order valence-electron chi connectivity index (χ0n) is 19.8. The van der Waals surface area contributed by atoms with Gasteiger partial charge in [-0.25, -0.2) is 0 Å². The number of anilines is 4. The first-order valence-corrected chi connectivity index (χ1v) is 10.3. The highest BCUT2D eigenvalue weighted by molar-refractivity contribution is 5.65. The molecule has 3 rings (SSSR count). The van der Waals surface area contributed by atoms with Crippen LogP contribution < -0.4 is 15.1 Å². The van der Waals surface area contributed by atoms with E-state index in [-0.39, 0.29) is 5.75 Å². The fourth-order valence-electron chi connectivity index (χ4n) is 2.10. The van der Waals surface area contributed by atoms with Crippen LogP contribution in [0.4, 0.5) is 23.5 Å². The number of phenolic OH excluding ortho intramolecular Hbond substituents is 2. The van der Waals surface area contributed by atoms with Crippen molar-refractivity contribution in [3.63, 3.8) is 0 Å². The third kappa shape index (κ3) is 9.20. The van der Waals surface area contributed by atoms with Crippen molar-refractivity contribution < 1.29 is 10.2 Å². The average molecular weight is 429 g/mol. The largest absolute Gasteiger partial charge is 0.508 e. The lowest BCUT2D eigenvalue weighted by molar-refractivity contribution is 0.475. The molecule has 8 nitrogen and oxygen atoms in total. The van der Waals surface area contributed by atoms with Crippen molar-refractivity contribution in [1.29, 1.82) is 0 Å². The van der Waals surface area contributed by atoms with E-state index in [2.05, 4.69) is 20.3 Å². The van der Waals surface area contributed by atoms with Gasteiger partial charge in [0.1, 0.15) is 11.5 Å². The Labute approximate surface area is 186 Å². The lowest BCUT2D eigenvalue weighted by Crippen LogP contribution is -2.19. The van der Waals surface area contributed by atoms with E-state index in [4.69, 9.17) is 5.11 Å². The van der Waals surface area contributed by atoms with E-state index in [1.165, 1.54) is 0 Å². The smallest absolute Gasteiger partial charge is 0.236 e. The Bertz CT molecular complexity index is 860. The highest BCUT2D eigenvalue weighted by Gasteiger charge is 2.14. The number of benzene rings is 2. The van der Waals surface area contributed by atoms with E-state index in [0.717, 1.165) is 0 Å². The van der Waals surface area contributed by atoms with Gasteiger partial charge >= 0.3 is 0 Å². The normalized spacial score (nSPS) is 8.90. The molecule has 3 aromatic rings. The minimum absolute atomic E-state index is 0.174. The van der Waals surface area contributed by atoms with E-state index in [9.17, 15) is 5.11 Å². The first-order valence-electron chi connectivity index (χ1n) is 10.3. The molecule has 0 spiro atoms. The molecule has 3 N–H and O–H groups in total. The molecule has 0 amide bonds. The maximum Gasteiger partial charge on any atom is 0.236 e. The Morgan fingerprint density at radius 2 is 1.23 bits per heavy atom. The molecular weight excluding hydrogens is 392 g/mol. The number of phenols is 2. The van der Waals surface area contributed by atoms with Crippen LogP contribution in [0.2, 0.25) is 0 Å². The van der Waals surface area contributed by atoms with Crippen molar-refractivity contribution in [3.05, 3.63) is 54.6 Å². The average Bonchev–Trinajstić information content (AvgIpc) is 2.82. The lowest BCUT2D eigenvalue weighted by atomic mass is 10.3. The summed E-state index contributed by atoms with van der Waals surface area (Å²) in [5.74, 6) is 1.97. The van der Waals surface area contributed by atoms with Gasteiger partial charge in [-0.1, -0.05) is 58.0 Å². The Kier molecular flexibility index (Phi) is 13.6. The molecule has 0 aliphatic heterocycles. The predicted octanol–water partition coefficient (Wildman–Crippen LogP) is 4.90. The van der Waals surface area contributed by atoms with Gasteiger partial charge in [-0.2, -0.15) is 15.0 Å². The summed E-state index contributed by atoms with van der Waals surface area (Å²) in [5, 5.41) is 21.4. The van der Waals surface area contributed by atoms with Gasteiger partial charge in [-0.3, -0.25) is 0 Å². The first-order chi connectivity index (χ1) is 14.9. The topological polar surface area (TPSA) is 97.6 Å². The van der Waals surface area contributed by atoms with Crippen LogP contribution in [0.3, 0.4) is 0 Å². The van der Waals surface area contributed by atoms with Gasteiger partial charge in [-0.15, -0.1) is 0 Å². The van der Waals surface area contributed by atoms with Gasteiger partial charge in [0, 0.05) is 28.2 Å². The third-order valence-corrected chi connectivity index (χ3v) is 3.53. The zero-order valence-corrected chi connectivity index (χ0v) is 19.8. The Morgan fingerprint density at radius 3 is 1.68 bits per heavy atom. The quantitative estimate of drug-likeness (QED) is 0.540. The highest BCUT2D eigenvalue weighted by Crippen LogP contribution is 2.30. The van der Waals surface area contributed by atoms with E-state index in [1.807, 2.05) is 53.9 Å². The van der Waals surface area contributed by atoms with Crippen molar-refractivity contribution >= 4 is 23.5 Å². The van der Waals surface area contributed by atoms with E-state index in [0.29, 0.717) is 29.3 Å². The zero-order chi connectivity index (χ0) is 23.8. The van der Waals surface area contributed by atoms with Crippen LogP contribution in [0, 0.1) is 0 Å². The number of aromatic hydroxyl groups is 2. The number of rotatable bonds is 4. The van der Waals surface area contributed by atoms with Crippen LogP contribution in [0.15, 0.2) is 54.6 Å². The molecule has 0 aliphatic rings. The van der Waals surface area contributed by atoms with Gasteiger partial charge < -0.3 is 25.3 Å². The molecule has 0 saturated heterocycles. The summed E-state index contributed by atoms with van der Waals surface area (Å²) in [6.45, 7) is 8.00. The van der Waals surface area contributed by atoms with Crippen LogP contribution >= 0.6 is 0 Å². The summed E-state index contributed by atoms with van der Waals surface area (Å²) in [6.07, 6.45) is 0. The van der Waals surface area contributed by atoms with Gasteiger partial charge in [0.15, 0.2) is 0 Å². The van der Waals surface area contributed by atoms with E-state index >= 15 is 0 Å². The van der Waals surface area contributed by atoms with Crippen LogP contribution in [-0.4, -0.2) is 53.4 Å². The molecule has 31 heavy (non-hydrogen) atoms. The summed E-state index contributed by atoms with van der Waals surface area (Å²) in [4.78, 5) is 16.4. The molecule has 0 bridgehead atoms. The molecule has 0 radical (unpaired) electrons. The second-order valence-electron chi connectivity index (χ2n) is 5.79. The van der Waals surface area contributed by atoms with Crippen LogP contribution in [-0.2, 0) is 0 Å². The number of para-hydroxylation sites is 3. The number of nitrogens with one attached hydrogen (secondary N) is 1. The van der Waals surface area contributed by atoms with Crippen molar-refractivity contribution in [1.82, 2.24) is 15.0 Å². The van der Waals surface area contributed by atoms with E-state index in [1.54, 1.807) is 66.4 Å². The fourth-order valence-corrected chi connectivity index (χ4v) is 2.10. The number of hydrogen-bond acceptors (Lipinski definition) is 8. The summed E-state index contributed by atoms with van der Waals surface area (Å²) < 4.78 is 0. The Morgan fingerprint density at radius 1 is 0.710 bits per heavy atom. The molecule has 0 fully saturated rings. The number of hydrogen-bond donors (Lipinski definition) is 3. The highest BCUT2D eigenvalue weighted by atomic mass is 16.3. The third-order valence-electron chi connectivity index (χ3n) is 3.53. The summed E-state index contributed by atoms with van der Waals surface area (Å²) >= 11 is 0. The Balaban J connectivity index is 0.000000681. The van der Waals surface area contributed by atoms with Crippen LogP contribution in [0.1, 0.15) is 27.7 Å². The van der Waals surface area contributed by atoms with Gasteiger partial charge in [-0.05, 0) is 24.3 Å². The fraction of sp³-hybridized carbons (Fsp3) is 0.348. The van der Waals surface area contributed by atoms with Crippen molar-refractivity contribution in [2.24, 2.45) is 0 Å². The molecule has 0 atom stereocenters. The molecule has 1 aromatic heterocycles. The van der Waals surface area contributed by atoms with Gasteiger partial charge in [0.05, 0.1) is 5.69 Å². The molecule has 0 saturated carbocycles. The van der Waals surface area contributed by atoms with E-state index < -0.39 is 0 Å². The predicted molar refractivity (Wildman–Crippen MR) is 131 cm³/mol. The monoisotopic (exact) mass is 428 g/mol. The maximum atomic E-state index is 9.91. The minimum Gasteiger partial charge on any atom is -0.508 e. The minimum atomic E-state index is 0.174. The molecule has 170 valence electrons. The second kappa shape index (κ2) is 15.3. The van der Waals surface area contributed by atoms with Crippen molar-refractivity contribution in [2.75, 3.05) is 43.3 Å². The van der Waals surface area contributed by atoms with Crippen molar-refractivity contribution in [2.45, 2.75) is 27.7 Å². The summed E-state index contributed by atoms with van der Waals surface area (Å²) in [5.41, 5.74) is 0.630. The number of nitrogens with zero attached hydrogens (tertiary/aromatic N) is 5. The molecule has 0 unspecified atom stereocenters. The van der Waals surface area contributed by atoms with Crippen molar-refractivity contribution in [3.8, 4) is 11.5 Å². The van der Waals surface area contributed by atoms with Crippen LogP contribution in [0.5, 0.6) is 11.5 Å². The summed E-state index contributed by atoms with van der Waals surface area (Å²) in [7, 11) is 7.26.